The second-order valence-corrected chi connectivity index (χ2v) is 6.24. The number of carbonyl (C=O) groups is 2. The van der Waals surface area contributed by atoms with Crippen LogP contribution in [0.3, 0.4) is 0 Å². The van der Waals surface area contributed by atoms with Crippen molar-refractivity contribution in [1.29, 1.82) is 0 Å². The number of carboxylic acid groups (broad SMARTS) is 1. The van der Waals surface area contributed by atoms with E-state index in [-0.39, 0.29) is 5.91 Å². The number of hydrogen-bond acceptors (Lipinski definition) is 4. The highest BCUT2D eigenvalue weighted by molar-refractivity contribution is 5.99. The van der Waals surface area contributed by atoms with E-state index in [4.69, 9.17) is 0 Å². The van der Waals surface area contributed by atoms with Gasteiger partial charge in [-0.2, -0.15) is 5.10 Å². The maximum atomic E-state index is 12.6. The number of carbonyl (C=O) groups excluding carboxylic acids is 1. The van der Waals surface area contributed by atoms with Crippen LogP contribution in [0.2, 0.25) is 0 Å². The smallest absolute Gasteiger partial charge is 0.329 e. The highest BCUT2D eigenvalue weighted by Crippen LogP contribution is 2.29. The molecule has 0 spiro atoms. The third-order valence-corrected chi connectivity index (χ3v) is 4.61. The van der Waals surface area contributed by atoms with Gasteiger partial charge in [0, 0.05) is 5.56 Å². The van der Waals surface area contributed by atoms with Crippen LogP contribution in [0.1, 0.15) is 48.0 Å². The average Bonchev–Trinajstić information content (AvgIpc) is 3.09. The quantitative estimate of drug-likeness (QED) is 0.896. The zero-order valence-electron chi connectivity index (χ0n) is 13.5. The van der Waals surface area contributed by atoms with Crippen molar-refractivity contribution in [3.8, 4) is 5.69 Å². The topological polar surface area (TPSA) is 97.1 Å². The molecule has 2 aromatic rings. The van der Waals surface area contributed by atoms with Crippen LogP contribution in [0.15, 0.2) is 30.9 Å². The Kier molecular flexibility index (Phi) is 4.33. The monoisotopic (exact) mass is 328 g/mol. The molecule has 1 saturated carbocycles. The van der Waals surface area contributed by atoms with Crippen molar-refractivity contribution in [3.63, 3.8) is 0 Å². The minimum absolute atomic E-state index is 0.345. The molecule has 1 aliphatic carbocycles. The lowest BCUT2D eigenvalue weighted by Crippen LogP contribution is -2.55. The number of nitrogens with zero attached hydrogens (tertiary/aromatic N) is 3. The molecule has 1 aromatic carbocycles. The molecule has 1 fully saturated rings. The van der Waals surface area contributed by atoms with E-state index in [1.807, 2.05) is 13.0 Å². The summed E-state index contributed by atoms with van der Waals surface area (Å²) >= 11 is 0. The van der Waals surface area contributed by atoms with Crippen LogP contribution >= 0.6 is 0 Å². The second-order valence-electron chi connectivity index (χ2n) is 6.24. The number of hydrogen-bond donors (Lipinski definition) is 2. The molecule has 1 aromatic heterocycles. The van der Waals surface area contributed by atoms with Crippen LogP contribution in [-0.2, 0) is 4.79 Å². The minimum Gasteiger partial charge on any atom is -0.480 e. The van der Waals surface area contributed by atoms with E-state index < -0.39 is 11.5 Å². The van der Waals surface area contributed by atoms with Gasteiger partial charge in [0.15, 0.2) is 0 Å². The van der Waals surface area contributed by atoms with Crippen molar-refractivity contribution < 1.29 is 14.7 Å². The molecular formula is C17H20N4O3. The Morgan fingerprint density at radius 3 is 2.58 bits per heavy atom. The SMILES string of the molecule is Cc1cc(-n2cncn2)ccc1C(=O)NC1(C(=O)O)CCCCC1. The Bertz CT molecular complexity index is 749. The Morgan fingerprint density at radius 1 is 1.25 bits per heavy atom. The van der Waals surface area contributed by atoms with Gasteiger partial charge in [0.05, 0.1) is 5.69 Å². The van der Waals surface area contributed by atoms with Crippen LogP contribution in [0.25, 0.3) is 5.69 Å². The lowest BCUT2D eigenvalue weighted by Gasteiger charge is -2.34. The number of carboxylic acids is 1. The summed E-state index contributed by atoms with van der Waals surface area (Å²) in [6, 6.07) is 5.29. The summed E-state index contributed by atoms with van der Waals surface area (Å²) in [6.07, 6.45) is 6.62. The Morgan fingerprint density at radius 2 is 2.00 bits per heavy atom. The van der Waals surface area contributed by atoms with Gasteiger partial charge in [0.2, 0.25) is 0 Å². The molecule has 0 aliphatic heterocycles. The molecule has 1 amide bonds. The van der Waals surface area contributed by atoms with Crippen molar-refractivity contribution in [2.24, 2.45) is 0 Å². The Hall–Kier alpha value is -2.70. The van der Waals surface area contributed by atoms with Gasteiger partial charge in [-0.15, -0.1) is 0 Å². The van der Waals surface area contributed by atoms with Crippen LogP contribution < -0.4 is 5.32 Å². The van der Waals surface area contributed by atoms with Crippen molar-refractivity contribution in [2.75, 3.05) is 0 Å². The zero-order valence-corrected chi connectivity index (χ0v) is 13.5. The molecule has 0 atom stereocenters. The van der Waals surface area contributed by atoms with Crippen LogP contribution in [-0.4, -0.2) is 37.3 Å². The largest absolute Gasteiger partial charge is 0.480 e. The molecule has 0 radical (unpaired) electrons. The van der Waals surface area contributed by atoms with E-state index in [2.05, 4.69) is 15.4 Å². The molecule has 126 valence electrons. The Balaban J connectivity index is 1.83. The van der Waals surface area contributed by atoms with Gasteiger partial charge in [-0.3, -0.25) is 4.79 Å². The van der Waals surface area contributed by atoms with Gasteiger partial charge in [0.1, 0.15) is 18.2 Å². The maximum absolute atomic E-state index is 12.6. The normalized spacial score (nSPS) is 16.5. The van der Waals surface area contributed by atoms with Crippen LogP contribution in [0, 0.1) is 6.92 Å². The summed E-state index contributed by atoms with van der Waals surface area (Å²) in [5.74, 6) is -1.30. The fraction of sp³-hybridized carbons (Fsp3) is 0.412. The number of aryl methyl sites for hydroxylation is 1. The van der Waals surface area contributed by atoms with E-state index >= 15 is 0 Å². The molecule has 7 heteroatoms. The van der Waals surface area contributed by atoms with Gasteiger partial charge in [-0.05, 0) is 43.5 Å². The fourth-order valence-electron chi connectivity index (χ4n) is 3.22. The van der Waals surface area contributed by atoms with Crippen molar-refractivity contribution >= 4 is 11.9 Å². The van der Waals surface area contributed by atoms with Gasteiger partial charge < -0.3 is 10.4 Å². The van der Waals surface area contributed by atoms with E-state index in [1.165, 1.54) is 6.33 Å². The molecule has 1 heterocycles. The number of aromatic nitrogens is 3. The van der Waals surface area contributed by atoms with Gasteiger partial charge in [0.25, 0.3) is 5.91 Å². The number of rotatable bonds is 4. The standard InChI is InChI=1S/C17H20N4O3/c1-12-9-13(21-11-18-10-19-21)5-6-14(12)15(22)20-17(16(23)24)7-3-2-4-8-17/h5-6,9-11H,2-4,7-8H2,1H3,(H,20,22)(H,23,24). The summed E-state index contributed by atoms with van der Waals surface area (Å²) in [6.45, 7) is 1.82. The number of amides is 1. The third-order valence-electron chi connectivity index (χ3n) is 4.61. The predicted molar refractivity (Wildman–Crippen MR) is 87.0 cm³/mol. The van der Waals surface area contributed by atoms with Crippen LogP contribution in [0.5, 0.6) is 0 Å². The molecule has 0 saturated heterocycles. The number of benzene rings is 1. The minimum atomic E-state index is -1.15. The van der Waals surface area contributed by atoms with Crippen molar-refractivity contribution in [1.82, 2.24) is 20.1 Å². The van der Waals surface area contributed by atoms with E-state index in [9.17, 15) is 14.7 Å². The molecular weight excluding hydrogens is 308 g/mol. The molecule has 7 nitrogen and oxygen atoms in total. The van der Waals surface area contributed by atoms with Crippen molar-refractivity contribution in [2.45, 2.75) is 44.6 Å². The van der Waals surface area contributed by atoms with Gasteiger partial charge in [-0.25, -0.2) is 14.5 Å². The lowest BCUT2D eigenvalue weighted by molar-refractivity contribution is -0.145. The Labute approximate surface area is 139 Å². The first-order valence-electron chi connectivity index (χ1n) is 8.03. The highest BCUT2D eigenvalue weighted by Gasteiger charge is 2.41. The predicted octanol–water partition coefficient (Wildman–Crippen LogP) is 2.09. The first-order valence-corrected chi connectivity index (χ1v) is 8.03. The summed E-state index contributed by atoms with van der Waals surface area (Å²) in [7, 11) is 0. The molecule has 24 heavy (non-hydrogen) atoms. The first kappa shape index (κ1) is 16.2. The molecule has 2 N–H and O–H groups in total. The molecule has 0 unspecified atom stereocenters. The third kappa shape index (κ3) is 3.02. The summed E-state index contributed by atoms with van der Waals surface area (Å²) in [4.78, 5) is 28.2. The van der Waals surface area contributed by atoms with Gasteiger partial charge in [-0.1, -0.05) is 19.3 Å². The van der Waals surface area contributed by atoms with Crippen molar-refractivity contribution in [3.05, 3.63) is 42.0 Å². The lowest BCUT2D eigenvalue weighted by atomic mass is 9.81. The van der Waals surface area contributed by atoms with E-state index in [1.54, 1.807) is 23.1 Å². The molecule has 1 aliphatic rings. The summed E-state index contributed by atoms with van der Waals surface area (Å²) < 4.78 is 1.61. The summed E-state index contributed by atoms with van der Waals surface area (Å²) in [5.41, 5.74) is 0.890. The molecule has 3 rings (SSSR count). The summed E-state index contributed by atoms with van der Waals surface area (Å²) in [5, 5.41) is 16.4. The zero-order chi connectivity index (χ0) is 17.2. The highest BCUT2D eigenvalue weighted by atomic mass is 16.4. The van der Waals surface area contributed by atoms with E-state index in [0.29, 0.717) is 18.4 Å². The molecule has 0 bridgehead atoms. The van der Waals surface area contributed by atoms with Gasteiger partial charge >= 0.3 is 5.97 Å². The second kappa shape index (κ2) is 6.43. The van der Waals surface area contributed by atoms with Crippen LogP contribution in [0.4, 0.5) is 0 Å². The maximum Gasteiger partial charge on any atom is 0.329 e. The number of aliphatic carboxylic acids is 1. The fourth-order valence-corrected chi connectivity index (χ4v) is 3.22. The number of nitrogens with one attached hydrogen (secondary N) is 1. The van der Waals surface area contributed by atoms with E-state index in [0.717, 1.165) is 30.5 Å². The first-order chi connectivity index (χ1) is 11.5. The average molecular weight is 328 g/mol.